The van der Waals surface area contributed by atoms with Gasteiger partial charge in [0, 0.05) is 16.3 Å². The lowest BCUT2D eigenvalue weighted by atomic mass is 10.3. The number of nitrogens with two attached hydrogens (primary N) is 1. The molecule has 18 heavy (non-hydrogen) atoms. The summed E-state index contributed by atoms with van der Waals surface area (Å²) in [5.74, 6) is 0.796. The normalized spacial score (nSPS) is 11.2. The Balaban J connectivity index is 2.11. The predicted octanol–water partition coefficient (Wildman–Crippen LogP) is 2.12. The average Bonchev–Trinajstić information content (AvgIpc) is 2.96. The second-order valence-electron chi connectivity index (χ2n) is 3.77. The minimum atomic E-state index is 0.539. The van der Waals surface area contributed by atoms with Crippen LogP contribution in [0.3, 0.4) is 0 Å². The fraction of sp³-hybridized carbons (Fsp3) is 0.182. The Kier molecular flexibility index (Phi) is 3.11. The molecular formula is C11H10BrN5S. The van der Waals surface area contributed by atoms with Crippen molar-refractivity contribution in [2.75, 3.05) is 6.54 Å². The Morgan fingerprint density at radius 2 is 2.22 bits per heavy atom. The zero-order valence-electron chi connectivity index (χ0n) is 9.38. The van der Waals surface area contributed by atoms with Crippen LogP contribution in [-0.4, -0.2) is 26.4 Å². The van der Waals surface area contributed by atoms with Crippen LogP contribution >= 0.6 is 27.3 Å². The summed E-state index contributed by atoms with van der Waals surface area (Å²) in [4.78, 5) is 1.11. The van der Waals surface area contributed by atoms with Gasteiger partial charge in [-0.3, -0.25) is 0 Å². The van der Waals surface area contributed by atoms with E-state index in [2.05, 4.69) is 31.2 Å². The molecule has 92 valence electrons. The number of rotatable bonds is 3. The van der Waals surface area contributed by atoms with Gasteiger partial charge < -0.3 is 5.73 Å². The zero-order chi connectivity index (χ0) is 12.5. The van der Waals surface area contributed by atoms with Crippen molar-refractivity contribution in [2.45, 2.75) is 6.42 Å². The molecule has 5 nitrogen and oxygen atoms in total. The Bertz CT molecular complexity index is 690. The van der Waals surface area contributed by atoms with Gasteiger partial charge in [0.25, 0.3) is 0 Å². The molecule has 0 aromatic carbocycles. The highest BCUT2D eigenvalue weighted by Crippen LogP contribution is 2.28. The van der Waals surface area contributed by atoms with Gasteiger partial charge in [0.1, 0.15) is 5.69 Å². The number of nitrogens with zero attached hydrogens (tertiary/aromatic N) is 4. The molecule has 0 spiro atoms. The van der Waals surface area contributed by atoms with E-state index in [-0.39, 0.29) is 0 Å². The van der Waals surface area contributed by atoms with Crippen molar-refractivity contribution < 1.29 is 0 Å². The summed E-state index contributed by atoms with van der Waals surface area (Å²) < 4.78 is 2.82. The molecule has 3 rings (SSSR count). The standard InChI is InChI=1S/C11H10BrN5S/c12-7-5-9(18-6-7)8-1-2-10-14-15-11(3-4-13)17(10)16-8/h1-2,5-6H,3-4,13H2. The molecule has 3 aromatic heterocycles. The van der Waals surface area contributed by atoms with E-state index < -0.39 is 0 Å². The number of hydrogen-bond acceptors (Lipinski definition) is 5. The second kappa shape index (κ2) is 4.75. The molecule has 0 saturated carbocycles. The summed E-state index contributed by atoms with van der Waals surface area (Å²) in [5, 5.41) is 14.8. The maximum atomic E-state index is 5.55. The van der Waals surface area contributed by atoms with Crippen molar-refractivity contribution in [3.63, 3.8) is 0 Å². The van der Waals surface area contributed by atoms with E-state index in [1.165, 1.54) is 0 Å². The fourth-order valence-corrected chi connectivity index (χ4v) is 3.09. The van der Waals surface area contributed by atoms with Gasteiger partial charge in [0.15, 0.2) is 11.5 Å². The van der Waals surface area contributed by atoms with Crippen LogP contribution in [0.4, 0.5) is 0 Å². The molecule has 0 fully saturated rings. The quantitative estimate of drug-likeness (QED) is 0.801. The monoisotopic (exact) mass is 323 g/mol. The van der Waals surface area contributed by atoms with Crippen molar-refractivity contribution >= 4 is 32.9 Å². The van der Waals surface area contributed by atoms with Crippen LogP contribution in [0.1, 0.15) is 5.82 Å². The minimum absolute atomic E-state index is 0.539. The number of thiophene rings is 1. The van der Waals surface area contributed by atoms with E-state index in [1.54, 1.807) is 15.9 Å². The van der Waals surface area contributed by atoms with Crippen molar-refractivity contribution in [2.24, 2.45) is 5.73 Å². The SMILES string of the molecule is NCCc1nnc2ccc(-c3cc(Br)cs3)nn12. The molecule has 0 aliphatic rings. The number of halogens is 1. The van der Waals surface area contributed by atoms with Crippen molar-refractivity contribution in [1.82, 2.24) is 19.8 Å². The summed E-state index contributed by atoms with van der Waals surface area (Å²) in [6, 6.07) is 5.92. The lowest BCUT2D eigenvalue weighted by molar-refractivity contribution is 0.793. The van der Waals surface area contributed by atoms with Crippen molar-refractivity contribution in [1.29, 1.82) is 0 Å². The molecule has 0 saturated heterocycles. The van der Waals surface area contributed by atoms with Gasteiger partial charge >= 0.3 is 0 Å². The van der Waals surface area contributed by atoms with Crippen molar-refractivity contribution in [3.8, 4) is 10.6 Å². The molecule has 2 N–H and O–H groups in total. The van der Waals surface area contributed by atoms with Gasteiger partial charge in [-0.1, -0.05) is 0 Å². The van der Waals surface area contributed by atoms with Crippen molar-refractivity contribution in [3.05, 3.63) is 33.9 Å². The smallest absolute Gasteiger partial charge is 0.177 e. The Labute approximate surface area is 116 Å². The highest BCUT2D eigenvalue weighted by molar-refractivity contribution is 9.10. The molecule has 7 heteroatoms. The van der Waals surface area contributed by atoms with E-state index in [1.807, 2.05) is 23.6 Å². The summed E-state index contributed by atoms with van der Waals surface area (Å²) in [6.45, 7) is 0.539. The van der Waals surface area contributed by atoms with Crippen LogP contribution in [0, 0.1) is 0 Å². The maximum absolute atomic E-state index is 5.55. The van der Waals surface area contributed by atoms with Gasteiger partial charge in [-0.25, -0.2) is 0 Å². The predicted molar refractivity (Wildman–Crippen MR) is 74.6 cm³/mol. The number of aromatic nitrogens is 4. The number of hydrogen-bond donors (Lipinski definition) is 1. The van der Waals surface area contributed by atoms with Gasteiger partial charge in [0.05, 0.1) is 4.88 Å². The Morgan fingerprint density at radius 3 is 2.94 bits per heavy atom. The van der Waals surface area contributed by atoms with E-state index in [0.29, 0.717) is 13.0 Å². The third-order valence-corrected chi connectivity index (χ3v) is 4.23. The van der Waals surface area contributed by atoms with Crippen LogP contribution < -0.4 is 5.73 Å². The van der Waals surface area contributed by atoms with E-state index >= 15 is 0 Å². The second-order valence-corrected chi connectivity index (χ2v) is 5.60. The van der Waals surface area contributed by atoms with E-state index in [0.717, 1.165) is 26.5 Å². The molecule has 0 radical (unpaired) electrons. The Morgan fingerprint density at radius 1 is 1.33 bits per heavy atom. The molecule has 3 heterocycles. The van der Waals surface area contributed by atoms with Crippen LogP contribution in [0.15, 0.2) is 28.1 Å². The summed E-state index contributed by atoms with van der Waals surface area (Å²) in [7, 11) is 0. The highest BCUT2D eigenvalue weighted by Gasteiger charge is 2.09. The van der Waals surface area contributed by atoms with Crippen LogP contribution in [0.2, 0.25) is 0 Å². The van der Waals surface area contributed by atoms with Gasteiger partial charge in [-0.15, -0.1) is 21.5 Å². The van der Waals surface area contributed by atoms with Gasteiger partial charge in [-0.05, 0) is 40.7 Å². The number of fused-ring (bicyclic) bond motifs is 1. The first kappa shape index (κ1) is 11.8. The maximum Gasteiger partial charge on any atom is 0.177 e. The first-order valence-corrected chi connectivity index (χ1v) is 7.11. The van der Waals surface area contributed by atoms with Crippen LogP contribution in [0.5, 0.6) is 0 Å². The van der Waals surface area contributed by atoms with Gasteiger partial charge in [-0.2, -0.15) is 9.61 Å². The molecule has 0 bridgehead atoms. The third-order valence-electron chi connectivity index (χ3n) is 2.52. The summed E-state index contributed by atoms with van der Waals surface area (Å²) in [5.41, 5.74) is 7.21. The molecule has 0 amide bonds. The largest absolute Gasteiger partial charge is 0.330 e. The molecule has 0 aliphatic carbocycles. The van der Waals surface area contributed by atoms with E-state index in [9.17, 15) is 0 Å². The van der Waals surface area contributed by atoms with Gasteiger partial charge in [0.2, 0.25) is 0 Å². The first-order chi connectivity index (χ1) is 8.78. The molecular weight excluding hydrogens is 314 g/mol. The minimum Gasteiger partial charge on any atom is -0.330 e. The Hall–Kier alpha value is -1.31. The zero-order valence-corrected chi connectivity index (χ0v) is 11.8. The summed E-state index contributed by atoms with van der Waals surface area (Å²) >= 11 is 5.09. The average molecular weight is 324 g/mol. The summed E-state index contributed by atoms with van der Waals surface area (Å²) in [6.07, 6.45) is 0.672. The highest BCUT2D eigenvalue weighted by atomic mass is 79.9. The van der Waals surface area contributed by atoms with Crippen LogP contribution in [0.25, 0.3) is 16.2 Å². The molecule has 0 unspecified atom stereocenters. The lowest BCUT2D eigenvalue weighted by Crippen LogP contribution is -2.08. The van der Waals surface area contributed by atoms with Crippen LogP contribution in [-0.2, 0) is 6.42 Å². The molecule has 3 aromatic rings. The third kappa shape index (κ3) is 2.05. The first-order valence-electron chi connectivity index (χ1n) is 5.44. The topological polar surface area (TPSA) is 69.1 Å². The lowest BCUT2D eigenvalue weighted by Gasteiger charge is -2.00. The molecule has 0 atom stereocenters. The van der Waals surface area contributed by atoms with E-state index in [4.69, 9.17) is 5.73 Å². The molecule has 0 aliphatic heterocycles. The fourth-order valence-electron chi connectivity index (χ4n) is 1.70.